The standard InChI is InChI=1S/C26H19F2N5/c1-16(23-6-2-3-10-30-23)31-26-22-8-7-17(19-11-20(27)14-21(28)12-19)13-24(22)32-25(33-26)18-5-4-9-29-15-18/h2-16H,1H3,(H,31,32,33). The Morgan fingerprint density at radius 2 is 1.64 bits per heavy atom. The van der Waals surface area contributed by atoms with Gasteiger partial charge < -0.3 is 5.32 Å². The zero-order valence-electron chi connectivity index (χ0n) is 17.7. The van der Waals surface area contributed by atoms with E-state index >= 15 is 0 Å². The quantitative estimate of drug-likeness (QED) is 0.353. The summed E-state index contributed by atoms with van der Waals surface area (Å²) < 4.78 is 27.6. The van der Waals surface area contributed by atoms with Crippen LogP contribution >= 0.6 is 0 Å². The zero-order valence-corrected chi connectivity index (χ0v) is 17.7. The third kappa shape index (κ3) is 4.39. The molecule has 3 aromatic heterocycles. The molecule has 2 aromatic carbocycles. The molecule has 0 aliphatic heterocycles. The van der Waals surface area contributed by atoms with Crippen molar-refractivity contribution in [3.8, 4) is 22.5 Å². The molecule has 1 unspecified atom stereocenters. The maximum atomic E-state index is 13.8. The summed E-state index contributed by atoms with van der Waals surface area (Å²) in [6, 6.07) is 18.3. The van der Waals surface area contributed by atoms with Crippen molar-refractivity contribution >= 4 is 16.7 Å². The van der Waals surface area contributed by atoms with Crippen LogP contribution in [0.2, 0.25) is 0 Å². The molecule has 0 saturated heterocycles. The molecule has 0 bridgehead atoms. The predicted molar refractivity (Wildman–Crippen MR) is 124 cm³/mol. The van der Waals surface area contributed by atoms with Crippen LogP contribution in [0.1, 0.15) is 18.7 Å². The minimum absolute atomic E-state index is 0.108. The van der Waals surface area contributed by atoms with E-state index in [1.54, 1.807) is 24.7 Å². The van der Waals surface area contributed by atoms with Crippen molar-refractivity contribution in [1.82, 2.24) is 19.9 Å². The normalized spacial score (nSPS) is 12.0. The van der Waals surface area contributed by atoms with Gasteiger partial charge in [0.05, 0.1) is 17.3 Å². The van der Waals surface area contributed by atoms with Crippen LogP contribution in [-0.2, 0) is 0 Å². The van der Waals surface area contributed by atoms with E-state index in [0.717, 1.165) is 22.7 Å². The van der Waals surface area contributed by atoms with Crippen molar-refractivity contribution < 1.29 is 8.78 Å². The maximum absolute atomic E-state index is 13.8. The Bertz CT molecular complexity index is 1410. The van der Waals surface area contributed by atoms with Crippen LogP contribution in [0.15, 0.2) is 85.3 Å². The molecule has 7 heteroatoms. The van der Waals surface area contributed by atoms with E-state index in [2.05, 4.69) is 15.3 Å². The first kappa shape index (κ1) is 20.6. The lowest BCUT2D eigenvalue weighted by Gasteiger charge is -2.17. The molecule has 5 rings (SSSR count). The fourth-order valence-corrected chi connectivity index (χ4v) is 3.67. The van der Waals surface area contributed by atoms with Gasteiger partial charge in [0.15, 0.2) is 5.82 Å². The monoisotopic (exact) mass is 439 g/mol. The SMILES string of the molecule is CC(Nc1nc(-c2cccnc2)nc2cc(-c3cc(F)cc(F)c3)ccc12)c1ccccn1. The van der Waals surface area contributed by atoms with Crippen molar-refractivity contribution in [2.75, 3.05) is 5.32 Å². The molecule has 0 saturated carbocycles. The molecule has 1 N–H and O–H groups in total. The number of fused-ring (bicyclic) bond motifs is 1. The molecule has 5 nitrogen and oxygen atoms in total. The number of hydrogen-bond acceptors (Lipinski definition) is 5. The van der Waals surface area contributed by atoms with Crippen LogP contribution in [0, 0.1) is 11.6 Å². The summed E-state index contributed by atoms with van der Waals surface area (Å²) in [5.74, 6) is -0.131. The highest BCUT2D eigenvalue weighted by Crippen LogP contribution is 2.31. The van der Waals surface area contributed by atoms with Gasteiger partial charge in [-0.2, -0.15) is 0 Å². The highest BCUT2D eigenvalue weighted by Gasteiger charge is 2.15. The Balaban J connectivity index is 1.64. The molecule has 1 atom stereocenters. The fraction of sp³-hybridized carbons (Fsp3) is 0.0769. The van der Waals surface area contributed by atoms with Gasteiger partial charge in [-0.05, 0) is 66.6 Å². The summed E-state index contributed by atoms with van der Waals surface area (Å²) in [6.07, 6.45) is 5.12. The molecule has 0 aliphatic carbocycles. The summed E-state index contributed by atoms with van der Waals surface area (Å²) in [5.41, 5.74) is 3.36. The Morgan fingerprint density at radius 3 is 2.36 bits per heavy atom. The van der Waals surface area contributed by atoms with Crippen LogP contribution in [0.5, 0.6) is 0 Å². The molecular formula is C26H19F2N5. The minimum atomic E-state index is -0.629. The predicted octanol–water partition coefficient (Wildman–Crippen LogP) is 6.21. The molecule has 33 heavy (non-hydrogen) atoms. The Labute approximate surface area is 189 Å². The van der Waals surface area contributed by atoms with Gasteiger partial charge in [0.2, 0.25) is 0 Å². The number of halogens is 2. The molecule has 0 spiro atoms. The molecule has 162 valence electrons. The van der Waals surface area contributed by atoms with Crippen LogP contribution in [0.3, 0.4) is 0 Å². The fourth-order valence-electron chi connectivity index (χ4n) is 3.67. The lowest BCUT2D eigenvalue weighted by Crippen LogP contribution is -2.10. The van der Waals surface area contributed by atoms with Crippen molar-refractivity contribution in [2.24, 2.45) is 0 Å². The molecule has 3 heterocycles. The molecule has 0 aliphatic rings. The number of nitrogens with one attached hydrogen (secondary N) is 1. The van der Waals surface area contributed by atoms with Gasteiger partial charge in [-0.15, -0.1) is 0 Å². The topological polar surface area (TPSA) is 63.6 Å². The van der Waals surface area contributed by atoms with Gasteiger partial charge in [0.25, 0.3) is 0 Å². The second-order valence-electron chi connectivity index (χ2n) is 7.65. The third-order valence-electron chi connectivity index (χ3n) is 5.30. The number of pyridine rings is 2. The van der Waals surface area contributed by atoms with Crippen molar-refractivity contribution in [2.45, 2.75) is 13.0 Å². The van der Waals surface area contributed by atoms with E-state index in [4.69, 9.17) is 9.97 Å². The maximum Gasteiger partial charge on any atom is 0.163 e. The van der Waals surface area contributed by atoms with Gasteiger partial charge in [-0.1, -0.05) is 12.1 Å². The van der Waals surface area contributed by atoms with Crippen molar-refractivity contribution in [3.05, 3.63) is 103 Å². The molecular weight excluding hydrogens is 420 g/mol. The molecule has 0 fully saturated rings. The Morgan fingerprint density at radius 1 is 0.788 bits per heavy atom. The third-order valence-corrected chi connectivity index (χ3v) is 5.30. The summed E-state index contributed by atoms with van der Waals surface area (Å²) >= 11 is 0. The van der Waals surface area contributed by atoms with Crippen molar-refractivity contribution in [1.29, 1.82) is 0 Å². The van der Waals surface area contributed by atoms with E-state index in [1.165, 1.54) is 12.1 Å². The molecule has 5 aromatic rings. The first-order chi connectivity index (χ1) is 16.1. The van der Waals surface area contributed by atoms with E-state index in [1.807, 2.05) is 49.4 Å². The lowest BCUT2D eigenvalue weighted by molar-refractivity contribution is 0.584. The number of anilines is 1. The minimum Gasteiger partial charge on any atom is -0.361 e. The van der Waals surface area contributed by atoms with Gasteiger partial charge in [-0.3, -0.25) is 9.97 Å². The van der Waals surface area contributed by atoms with Gasteiger partial charge in [-0.25, -0.2) is 18.7 Å². The van der Waals surface area contributed by atoms with Gasteiger partial charge in [0, 0.05) is 35.6 Å². The summed E-state index contributed by atoms with van der Waals surface area (Å²) in [5, 5.41) is 4.22. The number of nitrogens with zero attached hydrogens (tertiary/aromatic N) is 4. The second-order valence-corrected chi connectivity index (χ2v) is 7.65. The van der Waals surface area contributed by atoms with Crippen LogP contribution in [-0.4, -0.2) is 19.9 Å². The first-order valence-corrected chi connectivity index (χ1v) is 10.4. The average molecular weight is 439 g/mol. The van der Waals surface area contributed by atoms with Crippen molar-refractivity contribution in [3.63, 3.8) is 0 Å². The molecule has 0 radical (unpaired) electrons. The number of benzene rings is 2. The van der Waals surface area contributed by atoms with E-state index < -0.39 is 11.6 Å². The number of rotatable bonds is 5. The largest absolute Gasteiger partial charge is 0.361 e. The number of aromatic nitrogens is 4. The van der Waals surface area contributed by atoms with E-state index in [0.29, 0.717) is 28.3 Å². The highest BCUT2D eigenvalue weighted by atomic mass is 19.1. The van der Waals surface area contributed by atoms with Crippen LogP contribution in [0.4, 0.5) is 14.6 Å². The van der Waals surface area contributed by atoms with E-state index in [9.17, 15) is 8.78 Å². The van der Waals surface area contributed by atoms with E-state index in [-0.39, 0.29) is 6.04 Å². The second kappa shape index (κ2) is 8.70. The Hall–Kier alpha value is -4.26. The average Bonchev–Trinajstić information content (AvgIpc) is 2.84. The summed E-state index contributed by atoms with van der Waals surface area (Å²) in [4.78, 5) is 18.1. The smallest absolute Gasteiger partial charge is 0.163 e. The number of hydrogen-bond donors (Lipinski definition) is 1. The summed E-state index contributed by atoms with van der Waals surface area (Å²) in [6.45, 7) is 2.00. The van der Waals surface area contributed by atoms with Gasteiger partial charge >= 0.3 is 0 Å². The summed E-state index contributed by atoms with van der Waals surface area (Å²) in [7, 11) is 0. The van der Waals surface area contributed by atoms with Crippen LogP contribution < -0.4 is 5.32 Å². The Kier molecular flexibility index (Phi) is 5.44. The highest BCUT2D eigenvalue weighted by molar-refractivity contribution is 5.93. The lowest BCUT2D eigenvalue weighted by atomic mass is 10.0. The van der Waals surface area contributed by atoms with Crippen LogP contribution in [0.25, 0.3) is 33.4 Å². The van der Waals surface area contributed by atoms with Gasteiger partial charge in [0.1, 0.15) is 17.5 Å². The zero-order chi connectivity index (χ0) is 22.8. The molecule has 0 amide bonds. The first-order valence-electron chi connectivity index (χ1n) is 10.4.